The number of nitrogens with zero attached hydrogens (tertiary/aromatic N) is 1. The first kappa shape index (κ1) is 21.3. The molecule has 0 amide bonds. The molecule has 3 nitrogen and oxygen atoms in total. The van der Waals surface area contributed by atoms with Crippen molar-refractivity contribution >= 4 is 11.3 Å². The van der Waals surface area contributed by atoms with Crippen LogP contribution < -0.4 is 9.47 Å². The van der Waals surface area contributed by atoms with Gasteiger partial charge >= 0.3 is 6.18 Å². The normalized spacial score (nSPS) is 18.0. The van der Waals surface area contributed by atoms with E-state index in [-0.39, 0.29) is 6.04 Å². The van der Waals surface area contributed by atoms with Gasteiger partial charge in [-0.1, -0.05) is 12.1 Å². The maximum atomic E-state index is 12.8. The van der Waals surface area contributed by atoms with Gasteiger partial charge in [-0.05, 0) is 54.3 Å². The van der Waals surface area contributed by atoms with Gasteiger partial charge in [0, 0.05) is 46.4 Å². The van der Waals surface area contributed by atoms with E-state index >= 15 is 0 Å². The van der Waals surface area contributed by atoms with Crippen LogP contribution in [0.1, 0.15) is 43.6 Å². The van der Waals surface area contributed by atoms with Crippen molar-refractivity contribution in [1.82, 2.24) is 4.90 Å². The van der Waals surface area contributed by atoms with Gasteiger partial charge in [-0.2, -0.15) is 13.2 Å². The van der Waals surface area contributed by atoms with E-state index in [0.29, 0.717) is 6.42 Å². The summed E-state index contributed by atoms with van der Waals surface area (Å²) in [6.07, 6.45) is -1.80. The molecular formula is C25H24F3NO2S. The predicted octanol–water partition coefficient (Wildman–Crippen LogP) is 6.03. The average Bonchev–Trinajstić information content (AvgIpc) is 3.19. The fourth-order valence-electron chi connectivity index (χ4n) is 4.93. The van der Waals surface area contributed by atoms with Crippen LogP contribution in [0, 0.1) is 0 Å². The molecule has 2 aromatic carbocycles. The molecule has 3 heterocycles. The first-order valence-electron chi connectivity index (χ1n) is 10.6. The molecule has 1 unspecified atom stereocenters. The van der Waals surface area contributed by atoms with Crippen molar-refractivity contribution in [2.24, 2.45) is 0 Å². The van der Waals surface area contributed by atoms with Gasteiger partial charge in [-0.3, -0.25) is 4.90 Å². The standard InChI is InChI=1S/C25H24F3NO2S/c1-30-22-7-8-23(31-2)20-14-29-10-9-24-19(21(29)13-18(20)22)12-17(32-24)11-15-3-5-16(6-4-15)25(26,27)28/h3-8,12,21H,9-11,13-14H2,1-2H3. The van der Waals surface area contributed by atoms with Crippen LogP contribution >= 0.6 is 11.3 Å². The Hall–Kier alpha value is -2.51. The van der Waals surface area contributed by atoms with Crippen LogP contribution in [0.15, 0.2) is 42.5 Å². The number of methoxy groups -OCH3 is 2. The Morgan fingerprint density at radius 2 is 1.69 bits per heavy atom. The highest BCUT2D eigenvalue weighted by atomic mass is 32.1. The number of alkyl halides is 3. The summed E-state index contributed by atoms with van der Waals surface area (Å²) in [5.41, 5.74) is 4.04. The van der Waals surface area contributed by atoms with Gasteiger partial charge < -0.3 is 9.47 Å². The maximum Gasteiger partial charge on any atom is 0.416 e. The molecule has 0 aliphatic carbocycles. The van der Waals surface area contributed by atoms with Gasteiger partial charge in [-0.15, -0.1) is 11.3 Å². The second-order valence-corrected chi connectivity index (χ2v) is 9.55. The Morgan fingerprint density at radius 1 is 1.00 bits per heavy atom. The predicted molar refractivity (Wildman–Crippen MR) is 119 cm³/mol. The third-order valence-corrected chi connectivity index (χ3v) is 7.73. The van der Waals surface area contributed by atoms with Crippen LogP contribution in [-0.2, 0) is 32.0 Å². The molecule has 3 aromatic rings. The number of benzene rings is 2. The van der Waals surface area contributed by atoms with Gasteiger partial charge in [0.25, 0.3) is 0 Å². The molecule has 0 spiro atoms. The summed E-state index contributed by atoms with van der Waals surface area (Å²) in [5.74, 6) is 1.80. The van der Waals surface area contributed by atoms with Crippen molar-refractivity contribution in [3.63, 3.8) is 0 Å². The molecule has 0 N–H and O–H groups in total. The second kappa shape index (κ2) is 8.12. The number of hydrogen-bond donors (Lipinski definition) is 0. The number of rotatable bonds is 4. The summed E-state index contributed by atoms with van der Waals surface area (Å²) in [6, 6.07) is 12.0. The summed E-state index contributed by atoms with van der Waals surface area (Å²) < 4.78 is 49.8. The largest absolute Gasteiger partial charge is 0.496 e. The van der Waals surface area contributed by atoms with Crippen LogP contribution in [0.25, 0.3) is 0 Å². The van der Waals surface area contributed by atoms with Gasteiger partial charge in [0.15, 0.2) is 0 Å². The molecular weight excluding hydrogens is 435 g/mol. The van der Waals surface area contributed by atoms with Gasteiger partial charge in [-0.25, -0.2) is 0 Å². The molecule has 32 heavy (non-hydrogen) atoms. The first-order valence-corrected chi connectivity index (χ1v) is 11.4. The highest BCUT2D eigenvalue weighted by molar-refractivity contribution is 7.12. The molecule has 5 rings (SSSR count). The Balaban J connectivity index is 1.42. The van der Waals surface area contributed by atoms with Crippen LogP contribution in [0.3, 0.4) is 0 Å². The summed E-state index contributed by atoms with van der Waals surface area (Å²) in [6.45, 7) is 1.81. The highest BCUT2D eigenvalue weighted by Crippen LogP contribution is 2.46. The maximum absolute atomic E-state index is 12.8. The summed E-state index contributed by atoms with van der Waals surface area (Å²) >= 11 is 1.79. The smallest absolute Gasteiger partial charge is 0.416 e. The molecule has 1 aromatic heterocycles. The topological polar surface area (TPSA) is 21.7 Å². The Labute approximate surface area is 189 Å². The van der Waals surface area contributed by atoms with E-state index in [0.717, 1.165) is 43.0 Å². The molecule has 0 saturated carbocycles. The average molecular weight is 460 g/mol. The van der Waals surface area contributed by atoms with E-state index in [1.165, 1.54) is 38.6 Å². The van der Waals surface area contributed by atoms with Crippen molar-refractivity contribution < 1.29 is 22.6 Å². The third kappa shape index (κ3) is 3.77. The zero-order valence-corrected chi connectivity index (χ0v) is 18.8. The van der Waals surface area contributed by atoms with E-state index < -0.39 is 11.7 Å². The number of fused-ring (bicyclic) bond motifs is 4. The minimum absolute atomic E-state index is 0.282. The van der Waals surface area contributed by atoms with E-state index in [2.05, 4.69) is 11.0 Å². The van der Waals surface area contributed by atoms with Gasteiger partial charge in [0.1, 0.15) is 11.5 Å². The van der Waals surface area contributed by atoms with E-state index in [1.54, 1.807) is 37.7 Å². The fraction of sp³-hybridized carbons (Fsp3) is 0.360. The van der Waals surface area contributed by atoms with Crippen molar-refractivity contribution in [3.05, 3.63) is 80.0 Å². The van der Waals surface area contributed by atoms with E-state index in [9.17, 15) is 13.2 Å². The third-order valence-electron chi connectivity index (χ3n) is 6.52. The molecule has 0 saturated heterocycles. The number of ether oxygens (including phenoxy) is 2. The molecule has 7 heteroatoms. The van der Waals surface area contributed by atoms with Crippen molar-refractivity contribution in [2.75, 3.05) is 20.8 Å². The molecule has 2 aliphatic rings. The van der Waals surface area contributed by atoms with Crippen molar-refractivity contribution in [1.29, 1.82) is 0 Å². The zero-order valence-electron chi connectivity index (χ0n) is 18.0. The Kier molecular flexibility index (Phi) is 5.42. The molecule has 0 bridgehead atoms. The minimum Gasteiger partial charge on any atom is -0.496 e. The lowest BCUT2D eigenvalue weighted by Gasteiger charge is -2.41. The van der Waals surface area contributed by atoms with Gasteiger partial charge in [0.2, 0.25) is 0 Å². The van der Waals surface area contributed by atoms with Crippen molar-refractivity contribution in [3.8, 4) is 11.5 Å². The molecule has 0 fully saturated rings. The Bertz CT molecular complexity index is 1140. The van der Waals surface area contributed by atoms with Gasteiger partial charge in [0.05, 0.1) is 19.8 Å². The number of halogens is 3. The van der Waals surface area contributed by atoms with E-state index in [1.807, 2.05) is 12.1 Å². The summed E-state index contributed by atoms with van der Waals surface area (Å²) in [5, 5.41) is 0. The number of hydrogen-bond acceptors (Lipinski definition) is 4. The SMILES string of the molecule is COc1ccc(OC)c2c1CC1c3cc(Cc4ccc(C(F)(F)F)cc4)sc3CCN1C2. The lowest BCUT2D eigenvalue weighted by molar-refractivity contribution is -0.137. The summed E-state index contributed by atoms with van der Waals surface area (Å²) in [4.78, 5) is 5.08. The lowest BCUT2D eigenvalue weighted by Crippen LogP contribution is -2.39. The van der Waals surface area contributed by atoms with Crippen LogP contribution in [0.5, 0.6) is 11.5 Å². The Morgan fingerprint density at radius 3 is 2.34 bits per heavy atom. The van der Waals surface area contributed by atoms with Crippen LogP contribution in [-0.4, -0.2) is 25.7 Å². The van der Waals surface area contributed by atoms with Crippen molar-refractivity contribution in [2.45, 2.75) is 38.0 Å². The number of thiophene rings is 1. The molecule has 1 atom stereocenters. The zero-order chi connectivity index (χ0) is 22.5. The molecule has 0 radical (unpaired) electrons. The second-order valence-electron chi connectivity index (χ2n) is 8.33. The van der Waals surface area contributed by atoms with Crippen LogP contribution in [0.2, 0.25) is 0 Å². The summed E-state index contributed by atoms with van der Waals surface area (Å²) in [7, 11) is 3.41. The minimum atomic E-state index is -4.30. The monoisotopic (exact) mass is 459 g/mol. The molecule has 168 valence electrons. The van der Waals surface area contributed by atoms with Crippen LogP contribution in [0.4, 0.5) is 13.2 Å². The van der Waals surface area contributed by atoms with E-state index in [4.69, 9.17) is 9.47 Å². The lowest BCUT2D eigenvalue weighted by atomic mass is 9.86. The quantitative estimate of drug-likeness (QED) is 0.476. The fourth-order valence-corrected chi connectivity index (χ4v) is 6.18. The molecule has 2 aliphatic heterocycles. The first-order chi connectivity index (χ1) is 15.4. The highest BCUT2D eigenvalue weighted by Gasteiger charge is 2.36.